The lowest BCUT2D eigenvalue weighted by Gasteiger charge is -2.49. The maximum absolute atomic E-state index is 13.6. The molecule has 0 spiro atoms. The minimum atomic E-state index is -1.03. The van der Waals surface area contributed by atoms with Crippen LogP contribution in [0.3, 0.4) is 0 Å². The van der Waals surface area contributed by atoms with Gasteiger partial charge in [0.05, 0.1) is 11.5 Å². The van der Waals surface area contributed by atoms with E-state index in [0.717, 1.165) is 18.3 Å². The Kier molecular flexibility index (Phi) is 7.86. The van der Waals surface area contributed by atoms with Crippen molar-refractivity contribution in [1.29, 1.82) is 0 Å². The Balaban J connectivity index is 2.48. The van der Waals surface area contributed by atoms with Gasteiger partial charge in [0.2, 0.25) is 5.91 Å². The molecule has 3 unspecified atom stereocenters. The Morgan fingerprint density at radius 1 is 1.25 bits per heavy atom. The molecule has 1 aromatic rings. The molecular weight excluding hydrogens is 394 g/mol. The van der Waals surface area contributed by atoms with Gasteiger partial charge in [-0.3, -0.25) is 9.00 Å². The van der Waals surface area contributed by atoms with E-state index >= 15 is 0 Å². The number of benzene rings is 1. The summed E-state index contributed by atoms with van der Waals surface area (Å²) in [6.45, 7) is 9.91. The Hall–Kier alpha value is -1.20. The van der Waals surface area contributed by atoms with Crippen LogP contribution >= 0.6 is 11.6 Å². The molecule has 4 atom stereocenters. The number of carbonyl (C=O) groups is 2. The van der Waals surface area contributed by atoms with E-state index in [2.05, 4.69) is 13.8 Å². The molecule has 1 heterocycles. The van der Waals surface area contributed by atoms with Crippen molar-refractivity contribution in [3.63, 3.8) is 0 Å². The number of rotatable bonds is 8. The molecule has 0 radical (unpaired) electrons. The molecule has 156 valence electrons. The van der Waals surface area contributed by atoms with Crippen molar-refractivity contribution in [3.05, 3.63) is 34.9 Å². The van der Waals surface area contributed by atoms with Crippen LogP contribution in [0.5, 0.6) is 0 Å². The average molecular weight is 426 g/mol. The van der Waals surface area contributed by atoms with Crippen LogP contribution in [0.2, 0.25) is 5.02 Å². The number of likely N-dealkylation sites (tertiary alicyclic amines) is 1. The standard InChI is InChI=1S/C22H32ClNO3S/c1-15(2)20(14-28(27)16(3)4)24-19(17-6-8-18(23)9-7-17)10-11-22(5,12-13-25)21(24)26/h6-9,13,15-16,19-20H,10-12,14H2,1-5H3/t19?,20?,22-,28?/m1/s1. The van der Waals surface area contributed by atoms with E-state index in [0.29, 0.717) is 17.2 Å². The fourth-order valence-electron chi connectivity index (χ4n) is 3.88. The molecule has 6 heteroatoms. The first kappa shape index (κ1) is 23.1. The fourth-order valence-corrected chi connectivity index (χ4v) is 5.27. The van der Waals surface area contributed by atoms with Gasteiger partial charge in [-0.25, -0.2) is 0 Å². The first-order valence-electron chi connectivity index (χ1n) is 9.99. The Morgan fingerprint density at radius 3 is 2.36 bits per heavy atom. The zero-order chi connectivity index (χ0) is 21.1. The molecule has 1 saturated heterocycles. The van der Waals surface area contributed by atoms with Gasteiger partial charge in [-0.15, -0.1) is 0 Å². The number of piperidine rings is 1. The normalized spacial score (nSPS) is 25.2. The summed E-state index contributed by atoms with van der Waals surface area (Å²) in [6, 6.07) is 7.37. The lowest BCUT2D eigenvalue weighted by molar-refractivity contribution is -0.155. The van der Waals surface area contributed by atoms with E-state index in [1.165, 1.54) is 0 Å². The van der Waals surface area contributed by atoms with Crippen molar-refractivity contribution >= 4 is 34.6 Å². The average Bonchev–Trinajstić information content (AvgIpc) is 2.63. The highest BCUT2D eigenvalue weighted by Crippen LogP contribution is 2.44. The number of amides is 1. The molecule has 1 amide bonds. The predicted octanol–water partition coefficient (Wildman–Crippen LogP) is 4.78. The van der Waals surface area contributed by atoms with Crippen LogP contribution in [0.4, 0.5) is 0 Å². The van der Waals surface area contributed by atoms with Gasteiger partial charge in [0, 0.05) is 39.3 Å². The van der Waals surface area contributed by atoms with Crippen molar-refractivity contribution in [3.8, 4) is 0 Å². The highest BCUT2D eigenvalue weighted by Gasteiger charge is 2.47. The molecule has 28 heavy (non-hydrogen) atoms. The SMILES string of the molecule is CC(C)C(CS(=O)C(C)C)N1C(=O)[C@@](C)(CC=O)CCC1c1ccc(Cl)cc1. The van der Waals surface area contributed by atoms with E-state index in [4.69, 9.17) is 11.6 Å². The molecule has 1 fully saturated rings. The molecule has 1 aliphatic rings. The van der Waals surface area contributed by atoms with E-state index in [1.807, 2.05) is 49.9 Å². The molecule has 0 N–H and O–H groups in total. The van der Waals surface area contributed by atoms with Crippen molar-refractivity contribution in [2.75, 3.05) is 5.75 Å². The lowest BCUT2D eigenvalue weighted by atomic mass is 9.74. The van der Waals surface area contributed by atoms with Crippen LogP contribution in [0.25, 0.3) is 0 Å². The lowest BCUT2D eigenvalue weighted by Crippen LogP contribution is -2.56. The molecule has 0 aromatic heterocycles. The second-order valence-corrected chi connectivity index (χ2v) is 11.1. The van der Waals surface area contributed by atoms with E-state index in [1.54, 1.807) is 0 Å². The Labute approximate surface area is 176 Å². The van der Waals surface area contributed by atoms with E-state index < -0.39 is 16.2 Å². The van der Waals surface area contributed by atoms with Gasteiger partial charge in [0.25, 0.3) is 0 Å². The van der Waals surface area contributed by atoms with E-state index in [9.17, 15) is 13.8 Å². The number of aldehydes is 1. The summed E-state index contributed by atoms with van der Waals surface area (Å²) in [5, 5.41) is 0.695. The third-order valence-electron chi connectivity index (χ3n) is 5.83. The van der Waals surface area contributed by atoms with Gasteiger partial charge < -0.3 is 9.69 Å². The first-order chi connectivity index (χ1) is 13.1. The molecule has 1 aromatic carbocycles. The molecule has 0 bridgehead atoms. The van der Waals surface area contributed by atoms with Crippen LogP contribution in [-0.2, 0) is 20.4 Å². The summed E-state index contributed by atoms with van der Waals surface area (Å²) in [5.41, 5.74) is 0.337. The second kappa shape index (κ2) is 9.53. The quantitative estimate of drug-likeness (QED) is 0.563. The predicted molar refractivity (Wildman–Crippen MR) is 116 cm³/mol. The van der Waals surface area contributed by atoms with Crippen LogP contribution in [0, 0.1) is 11.3 Å². The largest absolute Gasteiger partial charge is 0.331 e. The number of hydrogen-bond donors (Lipinski definition) is 0. The molecular formula is C22H32ClNO3S. The highest BCUT2D eigenvalue weighted by atomic mass is 35.5. The smallest absolute Gasteiger partial charge is 0.229 e. The minimum Gasteiger partial charge on any atom is -0.331 e. The van der Waals surface area contributed by atoms with Gasteiger partial charge in [-0.1, -0.05) is 58.4 Å². The third-order valence-corrected chi connectivity index (χ3v) is 7.81. The van der Waals surface area contributed by atoms with Gasteiger partial charge >= 0.3 is 0 Å². The van der Waals surface area contributed by atoms with Crippen molar-refractivity contribution in [2.45, 2.75) is 71.2 Å². The summed E-state index contributed by atoms with van der Waals surface area (Å²) < 4.78 is 12.7. The van der Waals surface area contributed by atoms with Crippen molar-refractivity contribution in [2.24, 2.45) is 11.3 Å². The van der Waals surface area contributed by atoms with Crippen LogP contribution < -0.4 is 0 Å². The molecule has 0 saturated carbocycles. The Morgan fingerprint density at radius 2 is 1.86 bits per heavy atom. The summed E-state index contributed by atoms with van der Waals surface area (Å²) in [4.78, 5) is 26.8. The molecule has 2 rings (SSSR count). The fraction of sp³-hybridized carbons (Fsp3) is 0.636. The summed E-state index contributed by atoms with van der Waals surface area (Å²) >= 11 is 6.06. The monoisotopic (exact) mass is 425 g/mol. The molecule has 0 aliphatic carbocycles. The van der Waals surface area contributed by atoms with Crippen LogP contribution in [0.15, 0.2) is 24.3 Å². The van der Waals surface area contributed by atoms with Gasteiger partial charge in [0.15, 0.2) is 0 Å². The van der Waals surface area contributed by atoms with Crippen LogP contribution in [0.1, 0.15) is 65.5 Å². The number of carbonyl (C=O) groups excluding carboxylic acids is 2. The summed E-state index contributed by atoms with van der Waals surface area (Å²) in [6.07, 6.45) is 2.49. The van der Waals surface area contributed by atoms with Gasteiger partial charge in [-0.2, -0.15) is 0 Å². The molecule has 1 aliphatic heterocycles. The zero-order valence-corrected chi connectivity index (χ0v) is 19.1. The second-order valence-electron chi connectivity index (χ2n) is 8.66. The topological polar surface area (TPSA) is 54.5 Å². The maximum Gasteiger partial charge on any atom is 0.229 e. The van der Waals surface area contributed by atoms with Crippen LogP contribution in [-0.4, -0.2) is 38.3 Å². The Bertz CT molecular complexity index is 719. The number of nitrogens with zero attached hydrogens (tertiary/aromatic N) is 1. The maximum atomic E-state index is 13.6. The van der Waals surface area contributed by atoms with Crippen molar-refractivity contribution < 1.29 is 13.8 Å². The minimum absolute atomic E-state index is 0.00902. The highest BCUT2D eigenvalue weighted by molar-refractivity contribution is 7.85. The van der Waals surface area contributed by atoms with Crippen molar-refractivity contribution in [1.82, 2.24) is 4.90 Å². The number of halogens is 1. The van der Waals surface area contributed by atoms with Gasteiger partial charge in [-0.05, 0) is 36.5 Å². The molecule has 4 nitrogen and oxygen atoms in total. The van der Waals surface area contributed by atoms with E-state index in [-0.39, 0.29) is 35.6 Å². The number of hydrogen-bond acceptors (Lipinski definition) is 3. The summed E-state index contributed by atoms with van der Waals surface area (Å²) in [7, 11) is -1.03. The van der Waals surface area contributed by atoms with Gasteiger partial charge in [0.1, 0.15) is 6.29 Å². The first-order valence-corrected chi connectivity index (χ1v) is 11.8. The summed E-state index contributed by atoms with van der Waals surface area (Å²) in [5.74, 6) is 0.591. The third kappa shape index (κ3) is 5.04. The zero-order valence-electron chi connectivity index (χ0n) is 17.5.